The third-order valence-electron chi connectivity index (χ3n) is 8.21. The number of hydrogen-bond donors (Lipinski definition) is 1. The Morgan fingerprint density at radius 3 is 2.16 bits per heavy atom. The van der Waals surface area contributed by atoms with Crippen molar-refractivity contribution in [2.24, 2.45) is 5.41 Å². The van der Waals surface area contributed by atoms with E-state index in [1.807, 2.05) is 48.5 Å². The number of amides is 1. The van der Waals surface area contributed by atoms with E-state index in [0.29, 0.717) is 26.1 Å². The Morgan fingerprint density at radius 2 is 1.54 bits per heavy atom. The summed E-state index contributed by atoms with van der Waals surface area (Å²) in [5.74, 6) is -0.946. The van der Waals surface area contributed by atoms with Crippen LogP contribution < -0.4 is 0 Å². The van der Waals surface area contributed by atoms with Gasteiger partial charge in [0.1, 0.15) is 13.2 Å². The van der Waals surface area contributed by atoms with E-state index < -0.39 is 11.6 Å². The van der Waals surface area contributed by atoms with Crippen LogP contribution in [0.4, 0.5) is 4.79 Å². The smallest absolute Gasteiger partial charge is 0.409 e. The van der Waals surface area contributed by atoms with Crippen LogP contribution in [-0.2, 0) is 19.9 Å². The first-order valence-electron chi connectivity index (χ1n) is 12.6. The second kappa shape index (κ2) is 9.30. The highest BCUT2D eigenvalue weighted by molar-refractivity contribution is 9.10. The molecular weight excluding hydrogens is 534 g/mol. The van der Waals surface area contributed by atoms with Crippen molar-refractivity contribution in [3.05, 3.63) is 94.0 Å². The number of fused-ring (bicyclic) bond motifs is 3. The molecule has 0 bridgehead atoms. The Bertz CT molecular complexity index is 1300. The van der Waals surface area contributed by atoms with Gasteiger partial charge in [0.15, 0.2) is 0 Å². The van der Waals surface area contributed by atoms with Gasteiger partial charge in [0, 0.05) is 28.9 Å². The molecule has 1 N–H and O–H groups in total. The Labute approximate surface area is 224 Å². The van der Waals surface area contributed by atoms with Gasteiger partial charge in [-0.05, 0) is 59.2 Å². The van der Waals surface area contributed by atoms with Gasteiger partial charge in [-0.25, -0.2) is 9.59 Å². The van der Waals surface area contributed by atoms with Crippen LogP contribution in [0.3, 0.4) is 0 Å². The highest BCUT2D eigenvalue weighted by Gasteiger charge is 2.57. The van der Waals surface area contributed by atoms with Crippen LogP contribution in [0, 0.1) is 5.41 Å². The van der Waals surface area contributed by atoms with Crippen LogP contribution in [0.2, 0.25) is 0 Å². The quantitative estimate of drug-likeness (QED) is 0.389. The van der Waals surface area contributed by atoms with Crippen molar-refractivity contribution in [2.45, 2.75) is 30.8 Å². The van der Waals surface area contributed by atoms with Crippen LogP contribution >= 0.6 is 15.9 Å². The van der Waals surface area contributed by atoms with E-state index in [1.165, 1.54) is 22.3 Å². The molecule has 37 heavy (non-hydrogen) atoms. The minimum Gasteiger partial charge on any atom is -0.480 e. The number of benzene rings is 3. The molecule has 3 aromatic rings. The average Bonchev–Trinajstić information content (AvgIpc) is 3.43. The number of ether oxygens (including phenoxy) is 2. The topological polar surface area (TPSA) is 76.1 Å². The Hall–Kier alpha value is -3.16. The predicted molar refractivity (Wildman–Crippen MR) is 142 cm³/mol. The molecule has 3 aromatic carbocycles. The number of carboxylic acid groups (broad SMARTS) is 1. The summed E-state index contributed by atoms with van der Waals surface area (Å²) in [7, 11) is 0. The molecule has 0 aromatic heterocycles. The lowest BCUT2D eigenvalue weighted by Crippen LogP contribution is -2.58. The van der Waals surface area contributed by atoms with E-state index in [9.17, 15) is 14.7 Å². The molecule has 1 amide bonds. The van der Waals surface area contributed by atoms with E-state index in [0.717, 1.165) is 22.9 Å². The Balaban J connectivity index is 1.11. The summed E-state index contributed by atoms with van der Waals surface area (Å²) >= 11 is 3.47. The molecule has 2 aliphatic carbocycles. The molecule has 1 saturated carbocycles. The highest BCUT2D eigenvalue weighted by Crippen LogP contribution is 2.56. The van der Waals surface area contributed by atoms with Gasteiger partial charge in [0.05, 0.1) is 5.60 Å². The standard InChI is InChI=1S/C30H28BrNO5/c31-21-11-9-20(10-12-21)30(37-16-27(33)34)14-13-29(17-30)18-32(19-29)28(35)36-15-26-24-7-3-1-5-22(24)23-6-2-4-8-25(23)26/h1-12,26H,13-19H2,(H,33,34). The average molecular weight is 562 g/mol. The molecule has 1 saturated heterocycles. The fourth-order valence-electron chi connectivity index (χ4n) is 6.50. The van der Waals surface area contributed by atoms with Gasteiger partial charge in [-0.3, -0.25) is 0 Å². The molecule has 1 spiro atoms. The summed E-state index contributed by atoms with van der Waals surface area (Å²) in [5, 5.41) is 9.26. The maximum absolute atomic E-state index is 13.0. The molecule has 1 heterocycles. The van der Waals surface area contributed by atoms with Crippen LogP contribution in [0.1, 0.15) is 41.9 Å². The normalized spacial score (nSPS) is 21.4. The summed E-state index contributed by atoms with van der Waals surface area (Å²) < 4.78 is 12.8. The van der Waals surface area contributed by atoms with Crippen molar-refractivity contribution >= 4 is 28.0 Å². The second-order valence-corrected chi connectivity index (χ2v) is 11.4. The SMILES string of the molecule is O=C(O)COC1(c2ccc(Br)cc2)CCC2(CN(C(=O)OCC3c4ccccc4-c4ccccc43)C2)C1. The lowest BCUT2D eigenvalue weighted by atomic mass is 9.76. The molecule has 7 heteroatoms. The van der Waals surface area contributed by atoms with Crippen LogP contribution in [-0.4, -0.2) is 48.4 Å². The van der Waals surface area contributed by atoms with E-state index >= 15 is 0 Å². The molecule has 2 fully saturated rings. The third-order valence-corrected chi connectivity index (χ3v) is 8.74. The second-order valence-electron chi connectivity index (χ2n) is 10.5. The summed E-state index contributed by atoms with van der Waals surface area (Å²) in [4.78, 5) is 26.1. The third kappa shape index (κ3) is 4.34. The number of aliphatic carboxylic acids is 1. The van der Waals surface area contributed by atoms with Crippen molar-refractivity contribution in [1.29, 1.82) is 0 Å². The van der Waals surface area contributed by atoms with Crippen LogP contribution in [0.5, 0.6) is 0 Å². The minimum atomic E-state index is -0.980. The van der Waals surface area contributed by atoms with E-state index in [1.54, 1.807) is 4.90 Å². The first kappa shape index (κ1) is 24.2. The summed E-state index contributed by atoms with van der Waals surface area (Å²) in [6, 6.07) is 24.5. The van der Waals surface area contributed by atoms with Crippen molar-refractivity contribution in [1.82, 2.24) is 4.90 Å². The van der Waals surface area contributed by atoms with Gasteiger partial charge in [-0.2, -0.15) is 0 Å². The van der Waals surface area contributed by atoms with Gasteiger partial charge in [-0.15, -0.1) is 0 Å². The molecule has 6 rings (SSSR count). The fraction of sp³-hybridized carbons (Fsp3) is 0.333. The van der Waals surface area contributed by atoms with Crippen LogP contribution in [0.25, 0.3) is 11.1 Å². The van der Waals surface area contributed by atoms with Crippen molar-refractivity contribution in [2.75, 3.05) is 26.3 Å². The number of carbonyl (C=O) groups is 2. The summed E-state index contributed by atoms with van der Waals surface area (Å²) in [6.45, 7) is 1.15. The Kier molecular flexibility index (Phi) is 6.08. The number of carbonyl (C=O) groups excluding carboxylic acids is 1. The molecule has 0 radical (unpaired) electrons. The molecule has 190 valence electrons. The molecule has 1 aliphatic heterocycles. The zero-order chi connectivity index (χ0) is 25.6. The van der Waals surface area contributed by atoms with E-state index in [4.69, 9.17) is 9.47 Å². The minimum absolute atomic E-state index is 0.0348. The molecular formula is C30H28BrNO5. The Morgan fingerprint density at radius 1 is 0.919 bits per heavy atom. The molecule has 1 atom stereocenters. The lowest BCUT2D eigenvalue weighted by molar-refractivity contribution is -0.151. The van der Waals surface area contributed by atoms with Gasteiger partial charge >= 0.3 is 12.1 Å². The maximum Gasteiger partial charge on any atom is 0.409 e. The lowest BCUT2D eigenvalue weighted by Gasteiger charge is -2.48. The number of nitrogens with zero attached hydrogens (tertiary/aromatic N) is 1. The molecule has 1 unspecified atom stereocenters. The maximum atomic E-state index is 13.0. The first-order chi connectivity index (χ1) is 17.9. The van der Waals surface area contributed by atoms with Gasteiger partial charge in [-0.1, -0.05) is 76.6 Å². The van der Waals surface area contributed by atoms with Gasteiger partial charge in [0.2, 0.25) is 0 Å². The van der Waals surface area contributed by atoms with Crippen molar-refractivity contribution in [3.63, 3.8) is 0 Å². The number of rotatable bonds is 6. The van der Waals surface area contributed by atoms with E-state index in [2.05, 4.69) is 40.2 Å². The number of carboxylic acids is 1. The van der Waals surface area contributed by atoms with Gasteiger partial charge < -0.3 is 19.5 Å². The molecule has 3 aliphatic rings. The molecule has 6 nitrogen and oxygen atoms in total. The summed E-state index contributed by atoms with van der Waals surface area (Å²) in [5.41, 5.74) is 5.04. The number of halogens is 1. The number of hydrogen-bond acceptors (Lipinski definition) is 4. The van der Waals surface area contributed by atoms with Crippen molar-refractivity contribution < 1.29 is 24.2 Å². The van der Waals surface area contributed by atoms with Crippen molar-refractivity contribution in [3.8, 4) is 11.1 Å². The first-order valence-corrected chi connectivity index (χ1v) is 13.4. The zero-order valence-electron chi connectivity index (χ0n) is 20.4. The zero-order valence-corrected chi connectivity index (χ0v) is 21.9. The highest BCUT2D eigenvalue weighted by atomic mass is 79.9. The fourth-order valence-corrected chi connectivity index (χ4v) is 6.77. The monoisotopic (exact) mass is 561 g/mol. The number of likely N-dealkylation sites (tertiary alicyclic amines) is 1. The van der Waals surface area contributed by atoms with E-state index in [-0.39, 0.29) is 24.0 Å². The summed E-state index contributed by atoms with van der Waals surface area (Å²) in [6.07, 6.45) is 1.98. The van der Waals surface area contributed by atoms with Gasteiger partial charge in [0.25, 0.3) is 0 Å². The predicted octanol–water partition coefficient (Wildman–Crippen LogP) is 6.18. The largest absolute Gasteiger partial charge is 0.480 e. The van der Waals surface area contributed by atoms with Crippen LogP contribution in [0.15, 0.2) is 77.3 Å².